The molecular formula is C9H6Cl2N2O2. The van der Waals surface area contributed by atoms with Crippen LogP contribution >= 0.6 is 23.2 Å². The van der Waals surface area contributed by atoms with Gasteiger partial charge in [0, 0.05) is 10.0 Å². The van der Waals surface area contributed by atoms with Crippen LogP contribution in [0.4, 0.5) is 4.79 Å². The summed E-state index contributed by atoms with van der Waals surface area (Å²) in [6.07, 6.45) is 0. The van der Waals surface area contributed by atoms with Crippen LogP contribution in [0.2, 0.25) is 10.0 Å². The average molecular weight is 245 g/mol. The summed E-state index contributed by atoms with van der Waals surface area (Å²) in [5.74, 6) is -0.404. The van der Waals surface area contributed by atoms with E-state index in [2.05, 4.69) is 10.6 Å². The predicted octanol–water partition coefficient (Wildman–Crippen LogP) is 1.87. The fraction of sp³-hybridized carbons (Fsp3) is 0.111. The summed E-state index contributed by atoms with van der Waals surface area (Å²) < 4.78 is 0. The molecule has 0 spiro atoms. The van der Waals surface area contributed by atoms with Gasteiger partial charge in [-0.25, -0.2) is 4.79 Å². The highest BCUT2D eigenvalue weighted by atomic mass is 35.5. The van der Waals surface area contributed by atoms with Crippen molar-refractivity contribution in [3.63, 3.8) is 0 Å². The molecule has 3 amide bonds. The van der Waals surface area contributed by atoms with Gasteiger partial charge in [-0.15, -0.1) is 0 Å². The van der Waals surface area contributed by atoms with Gasteiger partial charge in [-0.05, 0) is 23.8 Å². The number of imide groups is 1. The van der Waals surface area contributed by atoms with E-state index in [1.165, 1.54) is 0 Å². The van der Waals surface area contributed by atoms with E-state index >= 15 is 0 Å². The summed E-state index contributed by atoms with van der Waals surface area (Å²) >= 11 is 11.6. The summed E-state index contributed by atoms with van der Waals surface area (Å²) in [6, 6.07) is 3.50. The normalized spacial score (nSPS) is 20.0. The minimum absolute atomic E-state index is 0.404. The lowest BCUT2D eigenvalue weighted by Gasteiger charge is -2.08. The van der Waals surface area contributed by atoms with Crippen LogP contribution in [-0.2, 0) is 4.79 Å². The van der Waals surface area contributed by atoms with Crippen LogP contribution in [0.1, 0.15) is 11.6 Å². The molecule has 78 valence electrons. The lowest BCUT2D eigenvalue weighted by Crippen LogP contribution is -2.22. The minimum Gasteiger partial charge on any atom is -0.322 e. The molecule has 1 aliphatic rings. The quantitative estimate of drug-likeness (QED) is 0.742. The van der Waals surface area contributed by atoms with Crippen LogP contribution in [0, 0.1) is 0 Å². The van der Waals surface area contributed by atoms with Crippen LogP contribution in [0.5, 0.6) is 0 Å². The van der Waals surface area contributed by atoms with E-state index in [0.29, 0.717) is 15.6 Å². The summed E-state index contributed by atoms with van der Waals surface area (Å²) in [5, 5.41) is 5.43. The predicted molar refractivity (Wildman–Crippen MR) is 55.9 cm³/mol. The van der Waals surface area contributed by atoms with Crippen molar-refractivity contribution in [1.29, 1.82) is 0 Å². The van der Waals surface area contributed by atoms with Gasteiger partial charge in [0.15, 0.2) is 0 Å². The Labute approximate surface area is 95.5 Å². The Kier molecular flexibility index (Phi) is 2.54. The fourth-order valence-corrected chi connectivity index (χ4v) is 1.94. The van der Waals surface area contributed by atoms with E-state index < -0.39 is 18.0 Å². The first-order valence-electron chi connectivity index (χ1n) is 4.13. The first kappa shape index (κ1) is 10.3. The third-order valence-electron chi connectivity index (χ3n) is 1.99. The number of hydrogen-bond donors (Lipinski definition) is 2. The van der Waals surface area contributed by atoms with Gasteiger partial charge in [-0.3, -0.25) is 10.1 Å². The summed E-state index contributed by atoms with van der Waals surface area (Å²) in [5.41, 5.74) is 0.566. The number of halogens is 2. The van der Waals surface area contributed by atoms with Crippen molar-refractivity contribution in [3.8, 4) is 0 Å². The molecule has 2 rings (SSSR count). The summed E-state index contributed by atoms with van der Waals surface area (Å²) in [6.45, 7) is 0. The van der Waals surface area contributed by atoms with Crippen LogP contribution in [-0.4, -0.2) is 11.9 Å². The monoisotopic (exact) mass is 244 g/mol. The molecule has 4 nitrogen and oxygen atoms in total. The van der Waals surface area contributed by atoms with Gasteiger partial charge in [-0.2, -0.15) is 0 Å². The second-order valence-electron chi connectivity index (χ2n) is 3.10. The standard InChI is InChI=1S/C9H6Cl2N2O2/c10-5-1-4(2-6(11)3-5)7-8(14)13-9(15)12-7/h1-3,7H,(H2,12,13,14,15). The number of hydrogen-bond acceptors (Lipinski definition) is 2. The van der Waals surface area contributed by atoms with Crippen molar-refractivity contribution in [2.45, 2.75) is 6.04 Å². The van der Waals surface area contributed by atoms with Crippen molar-refractivity contribution in [2.75, 3.05) is 0 Å². The Balaban J connectivity index is 2.37. The van der Waals surface area contributed by atoms with Gasteiger partial charge < -0.3 is 5.32 Å². The molecule has 2 N–H and O–H groups in total. The van der Waals surface area contributed by atoms with E-state index in [-0.39, 0.29) is 0 Å². The Hall–Kier alpha value is -1.26. The molecule has 1 unspecified atom stereocenters. The number of nitrogens with one attached hydrogen (secondary N) is 2. The van der Waals surface area contributed by atoms with Gasteiger partial charge in [-0.1, -0.05) is 23.2 Å². The highest BCUT2D eigenvalue weighted by Crippen LogP contribution is 2.24. The Morgan fingerprint density at radius 3 is 2.13 bits per heavy atom. The maximum Gasteiger partial charge on any atom is 0.322 e. The van der Waals surface area contributed by atoms with E-state index in [1.54, 1.807) is 18.2 Å². The molecule has 1 aliphatic heterocycles. The molecule has 0 radical (unpaired) electrons. The average Bonchev–Trinajstić information content (AvgIpc) is 2.43. The third-order valence-corrected chi connectivity index (χ3v) is 2.43. The summed E-state index contributed by atoms with van der Waals surface area (Å²) in [7, 11) is 0. The largest absolute Gasteiger partial charge is 0.322 e. The van der Waals surface area contributed by atoms with Gasteiger partial charge in [0.25, 0.3) is 5.91 Å². The van der Waals surface area contributed by atoms with Gasteiger partial charge >= 0.3 is 6.03 Å². The number of urea groups is 1. The van der Waals surface area contributed by atoms with Crippen LogP contribution in [0.25, 0.3) is 0 Å². The van der Waals surface area contributed by atoms with E-state index in [9.17, 15) is 9.59 Å². The minimum atomic E-state index is -0.714. The first-order valence-corrected chi connectivity index (χ1v) is 4.89. The van der Waals surface area contributed by atoms with E-state index in [0.717, 1.165) is 0 Å². The van der Waals surface area contributed by atoms with Crippen molar-refractivity contribution < 1.29 is 9.59 Å². The molecule has 1 heterocycles. The molecule has 6 heteroatoms. The Morgan fingerprint density at radius 2 is 1.67 bits per heavy atom. The first-order chi connectivity index (χ1) is 7.06. The zero-order chi connectivity index (χ0) is 11.0. The highest BCUT2D eigenvalue weighted by Gasteiger charge is 2.31. The Morgan fingerprint density at radius 1 is 1.07 bits per heavy atom. The van der Waals surface area contributed by atoms with Crippen molar-refractivity contribution >= 4 is 35.1 Å². The van der Waals surface area contributed by atoms with Crippen LogP contribution in [0.3, 0.4) is 0 Å². The number of carbonyl (C=O) groups excluding carboxylic acids is 2. The number of amides is 3. The molecule has 1 aromatic carbocycles. The highest BCUT2D eigenvalue weighted by molar-refractivity contribution is 6.34. The molecule has 1 aromatic rings. The lowest BCUT2D eigenvalue weighted by atomic mass is 10.1. The van der Waals surface area contributed by atoms with Crippen molar-refractivity contribution in [2.24, 2.45) is 0 Å². The van der Waals surface area contributed by atoms with E-state index in [4.69, 9.17) is 23.2 Å². The second kappa shape index (κ2) is 3.72. The second-order valence-corrected chi connectivity index (χ2v) is 3.97. The molecule has 1 saturated heterocycles. The third kappa shape index (κ3) is 2.06. The fourth-order valence-electron chi connectivity index (χ4n) is 1.39. The van der Waals surface area contributed by atoms with Crippen molar-refractivity contribution in [3.05, 3.63) is 33.8 Å². The lowest BCUT2D eigenvalue weighted by molar-refractivity contribution is -0.120. The van der Waals surface area contributed by atoms with Crippen molar-refractivity contribution in [1.82, 2.24) is 10.6 Å². The van der Waals surface area contributed by atoms with Gasteiger partial charge in [0.2, 0.25) is 0 Å². The Bertz CT molecular complexity index is 427. The molecule has 0 saturated carbocycles. The van der Waals surface area contributed by atoms with E-state index in [1.807, 2.05) is 0 Å². The maximum absolute atomic E-state index is 11.3. The van der Waals surface area contributed by atoms with Crippen LogP contribution < -0.4 is 10.6 Å². The smallest absolute Gasteiger partial charge is 0.322 e. The molecule has 1 fully saturated rings. The summed E-state index contributed by atoms with van der Waals surface area (Å²) in [4.78, 5) is 22.2. The van der Waals surface area contributed by atoms with Gasteiger partial charge in [0.05, 0.1) is 0 Å². The molecule has 15 heavy (non-hydrogen) atoms. The number of benzene rings is 1. The molecule has 0 aromatic heterocycles. The molecule has 0 aliphatic carbocycles. The molecular weight excluding hydrogens is 239 g/mol. The number of rotatable bonds is 1. The zero-order valence-corrected chi connectivity index (χ0v) is 8.89. The maximum atomic E-state index is 11.3. The molecule has 0 bridgehead atoms. The van der Waals surface area contributed by atoms with Gasteiger partial charge in [0.1, 0.15) is 6.04 Å². The number of carbonyl (C=O) groups is 2. The SMILES string of the molecule is O=C1NC(=O)C(c2cc(Cl)cc(Cl)c2)N1. The topological polar surface area (TPSA) is 58.2 Å². The van der Waals surface area contributed by atoms with Crippen LogP contribution in [0.15, 0.2) is 18.2 Å². The molecule has 1 atom stereocenters. The zero-order valence-electron chi connectivity index (χ0n) is 7.38.